The van der Waals surface area contributed by atoms with Crippen LogP contribution in [0.5, 0.6) is 0 Å². The van der Waals surface area contributed by atoms with E-state index in [0.29, 0.717) is 5.78 Å². The lowest BCUT2D eigenvalue weighted by Gasteiger charge is -2.35. The van der Waals surface area contributed by atoms with Crippen LogP contribution in [0.4, 0.5) is 0 Å². The fourth-order valence-electron chi connectivity index (χ4n) is 3.45. The first-order valence-electron chi connectivity index (χ1n) is 7.18. The maximum atomic E-state index is 12.8. The highest BCUT2D eigenvalue weighted by molar-refractivity contribution is 8.20. The van der Waals surface area contributed by atoms with Gasteiger partial charge in [0, 0.05) is 33.9 Å². The molecule has 1 N–H and O–H groups in total. The molecular weight excluding hydrogens is 286 g/mol. The first-order chi connectivity index (χ1) is 9.75. The molecule has 20 heavy (non-hydrogen) atoms. The zero-order valence-electron chi connectivity index (χ0n) is 11.4. The molecule has 1 saturated heterocycles. The van der Waals surface area contributed by atoms with Gasteiger partial charge in [0.05, 0.1) is 5.69 Å². The van der Waals surface area contributed by atoms with Crippen LogP contribution in [0.15, 0.2) is 24.3 Å². The number of H-pyrrole nitrogens is 1. The highest BCUT2D eigenvalue weighted by atomic mass is 32.2. The number of carbonyl (C=O) groups is 1. The van der Waals surface area contributed by atoms with Crippen molar-refractivity contribution in [3.8, 4) is 0 Å². The molecule has 1 aliphatic carbocycles. The van der Waals surface area contributed by atoms with Gasteiger partial charge in [-0.25, -0.2) is 0 Å². The Bertz CT molecular complexity index is 685. The van der Waals surface area contributed by atoms with Crippen LogP contribution >= 0.6 is 23.5 Å². The van der Waals surface area contributed by atoms with Gasteiger partial charge >= 0.3 is 0 Å². The van der Waals surface area contributed by atoms with Gasteiger partial charge in [0.25, 0.3) is 0 Å². The Morgan fingerprint density at radius 2 is 2.05 bits per heavy atom. The van der Waals surface area contributed by atoms with Crippen molar-refractivity contribution in [1.29, 1.82) is 0 Å². The van der Waals surface area contributed by atoms with Crippen LogP contribution in [0, 0.1) is 5.92 Å². The fourth-order valence-corrected chi connectivity index (χ4v) is 6.85. The SMILES string of the molecule is CCC1CC2(SCCS2)c2[nH]c3ccccc3c2C1=O. The van der Waals surface area contributed by atoms with E-state index in [0.717, 1.165) is 29.3 Å². The van der Waals surface area contributed by atoms with Crippen LogP contribution in [0.1, 0.15) is 35.8 Å². The van der Waals surface area contributed by atoms with Gasteiger partial charge in [-0.1, -0.05) is 25.1 Å². The molecule has 1 unspecified atom stereocenters. The van der Waals surface area contributed by atoms with Gasteiger partial charge in [-0.3, -0.25) is 4.79 Å². The van der Waals surface area contributed by atoms with Gasteiger partial charge in [-0.2, -0.15) is 0 Å². The summed E-state index contributed by atoms with van der Waals surface area (Å²) in [6, 6.07) is 8.23. The Kier molecular flexibility index (Phi) is 2.93. The predicted molar refractivity (Wildman–Crippen MR) is 87.6 cm³/mol. The van der Waals surface area contributed by atoms with Crippen molar-refractivity contribution in [2.24, 2.45) is 5.92 Å². The standard InChI is InChI=1S/C16H17NOS2/c1-2-10-9-16(19-7-8-20-16)15-13(14(10)18)11-5-3-4-6-12(11)17-15/h3-6,10,17H,2,7-9H2,1H3. The number of benzene rings is 1. The summed E-state index contributed by atoms with van der Waals surface area (Å²) in [4.78, 5) is 16.4. The number of thioether (sulfide) groups is 2. The van der Waals surface area contributed by atoms with Gasteiger partial charge in [-0.05, 0) is 18.9 Å². The van der Waals surface area contributed by atoms with E-state index in [2.05, 4.69) is 24.0 Å². The van der Waals surface area contributed by atoms with E-state index in [1.807, 2.05) is 35.7 Å². The van der Waals surface area contributed by atoms with Crippen molar-refractivity contribution in [3.05, 3.63) is 35.5 Å². The second-order valence-electron chi connectivity index (χ2n) is 5.54. The molecule has 2 nitrogen and oxygen atoms in total. The average Bonchev–Trinajstić information content (AvgIpc) is 3.08. The van der Waals surface area contributed by atoms with Crippen LogP contribution in [0.25, 0.3) is 10.9 Å². The lowest BCUT2D eigenvalue weighted by molar-refractivity contribution is 0.0896. The number of aromatic amines is 1. The van der Waals surface area contributed by atoms with Crippen LogP contribution in [-0.2, 0) is 4.08 Å². The van der Waals surface area contributed by atoms with Gasteiger partial charge in [0.15, 0.2) is 5.78 Å². The van der Waals surface area contributed by atoms with Crippen LogP contribution in [0.2, 0.25) is 0 Å². The van der Waals surface area contributed by atoms with E-state index < -0.39 is 0 Å². The summed E-state index contributed by atoms with van der Waals surface area (Å²) in [5.74, 6) is 2.90. The molecule has 2 aliphatic rings. The molecule has 0 amide bonds. The monoisotopic (exact) mass is 303 g/mol. The van der Waals surface area contributed by atoms with Gasteiger partial charge < -0.3 is 4.98 Å². The maximum absolute atomic E-state index is 12.8. The number of hydrogen-bond acceptors (Lipinski definition) is 3. The minimum Gasteiger partial charge on any atom is -0.356 e. The molecule has 1 spiro atoms. The number of nitrogens with one attached hydrogen (secondary N) is 1. The van der Waals surface area contributed by atoms with Crippen molar-refractivity contribution < 1.29 is 4.79 Å². The lowest BCUT2D eigenvalue weighted by Crippen LogP contribution is -2.32. The molecule has 1 atom stereocenters. The quantitative estimate of drug-likeness (QED) is 0.847. The van der Waals surface area contributed by atoms with E-state index in [-0.39, 0.29) is 10.00 Å². The molecule has 104 valence electrons. The Hall–Kier alpha value is -0.870. The summed E-state index contributed by atoms with van der Waals surface area (Å²) in [7, 11) is 0. The van der Waals surface area contributed by atoms with Crippen molar-refractivity contribution in [1.82, 2.24) is 4.98 Å². The van der Waals surface area contributed by atoms with Crippen LogP contribution < -0.4 is 0 Å². The Labute approximate surface area is 127 Å². The third-order valence-corrected chi connectivity index (χ3v) is 7.92. The number of rotatable bonds is 1. The van der Waals surface area contributed by atoms with Crippen LogP contribution in [0.3, 0.4) is 0 Å². The number of carbonyl (C=O) groups excluding carboxylic acids is 1. The molecule has 2 heterocycles. The smallest absolute Gasteiger partial charge is 0.168 e. The first-order valence-corrected chi connectivity index (χ1v) is 9.15. The largest absolute Gasteiger partial charge is 0.356 e. The zero-order valence-corrected chi connectivity index (χ0v) is 13.1. The Morgan fingerprint density at radius 3 is 2.80 bits per heavy atom. The van der Waals surface area contributed by atoms with E-state index in [1.54, 1.807) is 0 Å². The summed E-state index contributed by atoms with van der Waals surface area (Å²) in [6.07, 6.45) is 1.93. The molecule has 4 rings (SSSR count). The van der Waals surface area contributed by atoms with E-state index in [1.165, 1.54) is 17.2 Å². The molecule has 0 radical (unpaired) electrons. The Morgan fingerprint density at radius 1 is 1.30 bits per heavy atom. The van der Waals surface area contributed by atoms with Gasteiger partial charge in [0.1, 0.15) is 4.08 Å². The highest BCUT2D eigenvalue weighted by Crippen LogP contribution is 2.59. The number of Topliss-reactive ketones (excluding diaryl/α,β-unsaturated/α-hetero) is 1. The molecule has 1 aliphatic heterocycles. The second kappa shape index (κ2) is 4.57. The summed E-state index contributed by atoms with van der Waals surface area (Å²) in [5.41, 5.74) is 3.26. The molecule has 1 aromatic carbocycles. The minimum atomic E-state index is 0.0862. The summed E-state index contributed by atoms with van der Waals surface area (Å²) in [5, 5.41) is 1.11. The van der Waals surface area contributed by atoms with Gasteiger partial charge in [0.2, 0.25) is 0 Å². The van der Waals surface area contributed by atoms with Crippen LogP contribution in [-0.4, -0.2) is 22.3 Å². The summed E-state index contributed by atoms with van der Waals surface area (Å²) >= 11 is 4.05. The summed E-state index contributed by atoms with van der Waals surface area (Å²) in [6.45, 7) is 2.14. The molecule has 1 aromatic heterocycles. The van der Waals surface area contributed by atoms with E-state index in [4.69, 9.17) is 0 Å². The van der Waals surface area contributed by atoms with Crippen molar-refractivity contribution in [3.63, 3.8) is 0 Å². The van der Waals surface area contributed by atoms with Crippen molar-refractivity contribution in [2.45, 2.75) is 23.8 Å². The highest BCUT2D eigenvalue weighted by Gasteiger charge is 2.48. The molecule has 2 aromatic rings. The lowest BCUT2D eigenvalue weighted by atomic mass is 9.83. The molecule has 4 heteroatoms. The van der Waals surface area contributed by atoms with E-state index in [9.17, 15) is 4.79 Å². The molecule has 1 fully saturated rings. The maximum Gasteiger partial charge on any atom is 0.168 e. The minimum absolute atomic E-state index is 0.0862. The summed E-state index contributed by atoms with van der Waals surface area (Å²) < 4.78 is 0.0862. The third-order valence-electron chi connectivity index (χ3n) is 4.47. The predicted octanol–water partition coefficient (Wildman–Crippen LogP) is 4.41. The van der Waals surface area contributed by atoms with Crippen molar-refractivity contribution >= 4 is 40.2 Å². The number of ketones is 1. The van der Waals surface area contributed by atoms with Crippen molar-refractivity contribution in [2.75, 3.05) is 11.5 Å². The molecule has 0 bridgehead atoms. The second-order valence-corrected chi connectivity index (χ2v) is 8.59. The van der Waals surface area contributed by atoms with E-state index >= 15 is 0 Å². The molecular formula is C16H17NOS2. The number of hydrogen-bond donors (Lipinski definition) is 1. The first kappa shape index (κ1) is 12.8. The number of aromatic nitrogens is 1. The Balaban J connectivity index is 2.01. The fraction of sp³-hybridized carbons (Fsp3) is 0.438. The molecule has 0 saturated carbocycles. The number of fused-ring (bicyclic) bond motifs is 4. The average molecular weight is 303 g/mol. The topological polar surface area (TPSA) is 32.9 Å². The zero-order chi connectivity index (χ0) is 13.7. The number of para-hydroxylation sites is 1. The van der Waals surface area contributed by atoms with Gasteiger partial charge in [-0.15, -0.1) is 23.5 Å². The third kappa shape index (κ3) is 1.64. The normalized spacial score (nSPS) is 24.4.